The van der Waals surface area contributed by atoms with Crippen LogP contribution in [0.25, 0.3) is 22.2 Å². The molecule has 1 aliphatic rings. The number of benzene rings is 2. The molecule has 3 nitrogen and oxygen atoms in total. The predicted octanol–water partition coefficient (Wildman–Crippen LogP) is 2.72. The molecule has 0 saturated heterocycles. The van der Waals surface area contributed by atoms with Crippen LogP contribution >= 0.6 is 0 Å². The fraction of sp³-hybridized carbons (Fsp3) is 0.176. The van der Waals surface area contributed by atoms with Crippen LogP contribution in [0.2, 0.25) is 0 Å². The van der Waals surface area contributed by atoms with E-state index in [1.807, 2.05) is 42.5 Å². The van der Waals surface area contributed by atoms with Crippen molar-refractivity contribution in [1.82, 2.24) is 4.57 Å². The fourth-order valence-corrected chi connectivity index (χ4v) is 3.11. The third kappa shape index (κ3) is 1.54. The molecular weight excluding hydrogens is 250 g/mol. The van der Waals surface area contributed by atoms with Crippen molar-refractivity contribution in [1.29, 1.82) is 0 Å². The van der Waals surface area contributed by atoms with Crippen molar-refractivity contribution in [3.63, 3.8) is 0 Å². The quantitative estimate of drug-likeness (QED) is 0.656. The van der Waals surface area contributed by atoms with Crippen LogP contribution in [0, 0.1) is 0 Å². The van der Waals surface area contributed by atoms with Gasteiger partial charge in [0.05, 0.1) is 6.54 Å². The van der Waals surface area contributed by atoms with Crippen molar-refractivity contribution < 1.29 is 10.2 Å². The monoisotopic (exact) mass is 265 g/mol. The first-order valence-electron chi connectivity index (χ1n) is 6.79. The summed E-state index contributed by atoms with van der Waals surface area (Å²) in [6.07, 6.45) is -1.64. The molecule has 2 unspecified atom stereocenters. The maximum absolute atomic E-state index is 10.3. The van der Waals surface area contributed by atoms with Crippen molar-refractivity contribution in [2.45, 2.75) is 18.8 Å². The summed E-state index contributed by atoms with van der Waals surface area (Å²) in [6, 6.07) is 18.0. The predicted molar refractivity (Wildman–Crippen MR) is 78.3 cm³/mol. The summed E-state index contributed by atoms with van der Waals surface area (Å²) in [4.78, 5) is 0. The van der Waals surface area contributed by atoms with E-state index in [0.717, 1.165) is 27.7 Å². The lowest BCUT2D eigenvalue weighted by Gasteiger charge is -2.16. The van der Waals surface area contributed by atoms with E-state index in [9.17, 15) is 10.2 Å². The van der Waals surface area contributed by atoms with E-state index < -0.39 is 12.2 Å². The van der Waals surface area contributed by atoms with Gasteiger partial charge in [-0.2, -0.15) is 0 Å². The molecule has 20 heavy (non-hydrogen) atoms. The third-order valence-corrected chi connectivity index (χ3v) is 4.10. The summed E-state index contributed by atoms with van der Waals surface area (Å²) in [5, 5.41) is 21.7. The lowest BCUT2D eigenvalue weighted by molar-refractivity contribution is 0.0112. The van der Waals surface area contributed by atoms with Crippen LogP contribution in [0.4, 0.5) is 0 Å². The highest BCUT2D eigenvalue weighted by Gasteiger charge is 2.28. The zero-order valence-corrected chi connectivity index (χ0v) is 10.9. The highest BCUT2D eigenvalue weighted by atomic mass is 16.3. The van der Waals surface area contributed by atoms with E-state index in [1.54, 1.807) is 0 Å². The average Bonchev–Trinajstić information content (AvgIpc) is 2.80. The Labute approximate surface area is 116 Å². The van der Waals surface area contributed by atoms with Gasteiger partial charge in [0.1, 0.15) is 12.2 Å². The Morgan fingerprint density at radius 2 is 1.70 bits per heavy atom. The van der Waals surface area contributed by atoms with Gasteiger partial charge in [-0.1, -0.05) is 42.5 Å². The second-order valence-electron chi connectivity index (χ2n) is 5.30. The molecule has 3 aromatic rings. The van der Waals surface area contributed by atoms with Crippen molar-refractivity contribution in [3.8, 4) is 11.3 Å². The second-order valence-corrected chi connectivity index (χ2v) is 5.30. The molecule has 0 amide bonds. The van der Waals surface area contributed by atoms with Crippen molar-refractivity contribution in [2.24, 2.45) is 0 Å². The zero-order chi connectivity index (χ0) is 13.7. The number of aromatic nitrogens is 1. The summed E-state index contributed by atoms with van der Waals surface area (Å²) in [5.41, 5.74) is 3.93. The van der Waals surface area contributed by atoms with Crippen LogP contribution in [0.1, 0.15) is 11.7 Å². The Balaban J connectivity index is 2.09. The lowest BCUT2D eigenvalue weighted by Crippen LogP contribution is -2.22. The van der Waals surface area contributed by atoms with E-state index in [4.69, 9.17) is 0 Å². The summed E-state index contributed by atoms with van der Waals surface area (Å²) in [6.45, 7) is 0.401. The molecule has 0 aliphatic carbocycles. The minimum absolute atomic E-state index is 0.401. The summed E-state index contributed by atoms with van der Waals surface area (Å²) >= 11 is 0. The molecule has 1 aliphatic heterocycles. The van der Waals surface area contributed by atoms with Gasteiger partial charge < -0.3 is 14.8 Å². The van der Waals surface area contributed by atoms with Gasteiger partial charge in [-0.25, -0.2) is 0 Å². The van der Waals surface area contributed by atoms with Crippen LogP contribution in [0.5, 0.6) is 0 Å². The molecule has 0 radical (unpaired) electrons. The average molecular weight is 265 g/mol. The number of rotatable bonds is 0. The minimum Gasteiger partial charge on any atom is -0.388 e. The summed E-state index contributed by atoms with van der Waals surface area (Å²) in [5.74, 6) is 0. The zero-order valence-electron chi connectivity index (χ0n) is 10.9. The van der Waals surface area contributed by atoms with E-state index in [0.29, 0.717) is 6.54 Å². The van der Waals surface area contributed by atoms with Crippen molar-refractivity contribution in [3.05, 3.63) is 60.2 Å². The number of hydrogen-bond donors (Lipinski definition) is 2. The van der Waals surface area contributed by atoms with Gasteiger partial charge in [0.25, 0.3) is 0 Å². The fourth-order valence-electron chi connectivity index (χ4n) is 3.11. The SMILES string of the molecule is OC1Cn2c(cc3ccccc32)-c2ccccc2C1O. The normalized spacial score (nSPS) is 21.3. The molecule has 4 rings (SSSR count). The first-order valence-corrected chi connectivity index (χ1v) is 6.79. The standard InChI is InChI=1S/C17H15NO2/c19-16-10-18-14-8-4-1-5-11(14)9-15(18)12-6-2-3-7-13(12)17(16)20/h1-9,16-17,19-20H,10H2. The Morgan fingerprint density at radius 3 is 2.60 bits per heavy atom. The summed E-state index contributed by atoms with van der Waals surface area (Å²) in [7, 11) is 0. The molecule has 0 spiro atoms. The maximum atomic E-state index is 10.3. The Morgan fingerprint density at radius 1 is 0.950 bits per heavy atom. The van der Waals surface area contributed by atoms with E-state index in [1.165, 1.54) is 0 Å². The number of nitrogens with zero attached hydrogens (tertiary/aromatic N) is 1. The first kappa shape index (κ1) is 11.7. The molecule has 0 fully saturated rings. The lowest BCUT2D eigenvalue weighted by atomic mass is 9.98. The Hall–Kier alpha value is -2.10. The highest BCUT2D eigenvalue weighted by molar-refractivity contribution is 5.88. The maximum Gasteiger partial charge on any atom is 0.107 e. The Bertz CT molecular complexity index is 791. The van der Waals surface area contributed by atoms with E-state index >= 15 is 0 Å². The van der Waals surface area contributed by atoms with Crippen LogP contribution in [0.3, 0.4) is 0 Å². The van der Waals surface area contributed by atoms with E-state index in [2.05, 4.69) is 16.7 Å². The van der Waals surface area contributed by atoms with Gasteiger partial charge in [-0.05, 0) is 17.7 Å². The highest BCUT2D eigenvalue weighted by Crippen LogP contribution is 2.37. The Kier molecular flexibility index (Phi) is 2.46. The smallest absolute Gasteiger partial charge is 0.107 e. The van der Waals surface area contributed by atoms with Crippen LogP contribution in [-0.4, -0.2) is 20.9 Å². The second kappa shape index (κ2) is 4.20. The minimum atomic E-state index is -0.843. The van der Waals surface area contributed by atoms with Crippen LogP contribution < -0.4 is 0 Å². The van der Waals surface area contributed by atoms with Gasteiger partial charge in [0.2, 0.25) is 0 Å². The summed E-state index contributed by atoms with van der Waals surface area (Å²) < 4.78 is 2.09. The molecule has 2 aromatic carbocycles. The van der Waals surface area contributed by atoms with Gasteiger partial charge in [-0.3, -0.25) is 0 Å². The number of aliphatic hydroxyl groups is 2. The van der Waals surface area contributed by atoms with Gasteiger partial charge in [0, 0.05) is 22.2 Å². The largest absolute Gasteiger partial charge is 0.388 e. The van der Waals surface area contributed by atoms with Crippen LogP contribution in [0.15, 0.2) is 54.6 Å². The van der Waals surface area contributed by atoms with E-state index in [-0.39, 0.29) is 0 Å². The molecule has 1 aromatic heterocycles. The topological polar surface area (TPSA) is 45.4 Å². The van der Waals surface area contributed by atoms with Crippen molar-refractivity contribution in [2.75, 3.05) is 0 Å². The molecule has 2 N–H and O–H groups in total. The number of aliphatic hydroxyl groups excluding tert-OH is 2. The van der Waals surface area contributed by atoms with Crippen molar-refractivity contribution >= 4 is 10.9 Å². The number of fused-ring (bicyclic) bond motifs is 5. The molecule has 0 bridgehead atoms. The molecule has 2 atom stereocenters. The molecule has 100 valence electrons. The van der Waals surface area contributed by atoms with Gasteiger partial charge >= 0.3 is 0 Å². The number of para-hydroxylation sites is 1. The number of hydrogen-bond acceptors (Lipinski definition) is 2. The van der Waals surface area contributed by atoms with Gasteiger partial charge in [0.15, 0.2) is 0 Å². The molecule has 0 saturated carbocycles. The third-order valence-electron chi connectivity index (χ3n) is 4.10. The first-order chi connectivity index (χ1) is 9.75. The molecular formula is C17H15NO2. The van der Waals surface area contributed by atoms with Gasteiger partial charge in [-0.15, -0.1) is 0 Å². The molecule has 2 heterocycles. The molecule has 3 heteroatoms. The van der Waals surface area contributed by atoms with Crippen LogP contribution in [-0.2, 0) is 6.54 Å².